The fraction of sp³-hybridized carbons (Fsp3) is 0.333. The smallest absolute Gasteiger partial charge is 0.349 e. The van der Waals surface area contributed by atoms with Gasteiger partial charge in [-0.3, -0.25) is 4.79 Å². The van der Waals surface area contributed by atoms with Crippen molar-refractivity contribution in [1.29, 1.82) is 0 Å². The molecule has 30 heavy (non-hydrogen) atoms. The van der Waals surface area contributed by atoms with Gasteiger partial charge in [-0.05, 0) is 37.1 Å². The van der Waals surface area contributed by atoms with Gasteiger partial charge in [0.15, 0.2) is 11.3 Å². The van der Waals surface area contributed by atoms with Crippen molar-refractivity contribution in [1.82, 2.24) is 4.90 Å². The maximum atomic E-state index is 13.1. The highest BCUT2D eigenvalue weighted by atomic mass is 16.5. The maximum absolute atomic E-state index is 13.1. The van der Waals surface area contributed by atoms with Gasteiger partial charge in [0.05, 0.1) is 6.61 Å². The summed E-state index contributed by atoms with van der Waals surface area (Å²) >= 11 is 0. The summed E-state index contributed by atoms with van der Waals surface area (Å²) in [5.41, 5.74) is 2.34. The van der Waals surface area contributed by atoms with E-state index in [0.29, 0.717) is 36.4 Å². The molecule has 0 spiro atoms. The summed E-state index contributed by atoms with van der Waals surface area (Å²) in [7, 11) is 0. The molecule has 2 aromatic carbocycles. The minimum absolute atomic E-state index is 0.0681. The number of rotatable bonds is 5. The van der Waals surface area contributed by atoms with Crippen molar-refractivity contribution in [2.45, 2.75) is 20.3 Å². The summed E-state index contributed by atoms with van der Waals surface area (Å²) in [6.45, 7) is 7.07. The van der Waals surface area contributed by atoms with Gasteiger partial charge in [0, 0.05) is 37.3 Å². The number of anilines is 1. The molecule has 1 aromatic heterocycles. The Bertz CT molecular complexity index is 1110. The Balaban J connectivity index is 1.54. The monoisotopic (exact) mass is 406 g/mol. The molecule has 4 rings (SSSR count). The third-order valence-corrected chi connectivity index (χ3v) is 5.53. The molecule has 1 aliphatic rings. The van der Waals surface area contributed by atoms with E-state index in [1.807, 2.05) is 25.1 Å². The lowest BCUT2D eigenvalue weighted by atomic mass is 10.1. The quantitative estimate of drug-likeness (QED) is 0.605. The Morgan fingerprint density at radius 1 is 1.03 bits per heavy atom. The van der Waals surface area contributed by atoms with Crippen LogP contribution in [0.3, 0.4) is 0 Å². The van der Waals surface area contributed by atoms with E-state index in [4.69, 9.17) is 9.15 Å². The molecule has 156 valence electrons. The second-order valence-electron chi connectivity index (χ2n) is 7.32. The van der Waals surface area contributed by atoms with E-state index in [9.17, 15) is 9.59 Å². The topological polar surface area (TPSA) is 63.0 Å². The average Bonchev–Trinajstić information content (AvgIpc) is 2.79. The molecule has 0 atom stereocenters. The van der Waals surface area contributed by atoms with Crippen LogP contribution < -0.4 is 15.3 Å². The first-order valence-electron chi connectivity index (χ1n) is 10.4. The number of aryl methyl sites for hydroxylation is 1. The zero-order valence-corrected chi connectivity index (χ0v) is 17.4. The minimum Gasteiger partial charge on any atom is -0.490 e. The third-order valence-electron chi connectivity index (χ3n) is 5.53. The molecule has 2 heterocycles. The predicted molar refractivity (Wildman–Crippen MR) is 118 cm³/mol. The summed E-state index contributed by atoms with van der Waals surface area (Å²) in [5.74, 6) is 0.227. The zero-order chi connectivity index (χ0) is 21.1. The van der Waals surface area contributed by atoms with Crippen molar-refractivity contribution in [3.63, 3.8) is 0 Å². The number of carbonyl (C=O) groups excluding carboxylic acids is 1. The number of ether oxygens (including phenoxy) is 1. The summed E-state index contributed by atoms with van der Waals surface area (Å²) in [6, 6.07) is 15.4. The van der Waals surface area contributed by atoms with E-state index in [1.165, 1.54) is 11.3 Å². The fourth-order valence-electron chi connectivity index (χ4n) is 3.98. The lowest BCUT2D eigenvalue weighted by molar-refractivity contribution is 0.0742. The lowest BCUT2D eigenvalue weighted by Gasteiger charge is -2.36. The highest BCUT2D eigenvalue weighted by molar-refractivity contribution is 5.97. The van der Waals surface area contributed by atoms with Crippen LogP contribution in [0.15, 0.2) is 57.7 Å². The molecule has 6 nitrogen and oxygen atoms in total. The standard InChI is InChI=1S/C24H26N2O4/c1-3-17-8-5-6-10-20(17)25-12-14-26(15-13-25)23(27)19-16-18-9-7-11-21(29-4-2)22(18)30-24(19)28/h5-11,16H,3-4,12-15H2,1-2H3. The Morgan fingerprint density at radius 2 is 1.80 bits per heavy atom. The van der Waals surface area contributed by atoms with Gasteiger partial charge < -0.3 is 19.0 Å². The molecule has 0 saturated carbocycles. The summed E-state index contributed by atoms with van der Waals surface area (Å²) in [6.07, 6.45) is 0.969. The van der Waals surface area contributed by atoms with E-state index >= 15 is 0 Å². The molecule has 3 aromatic rings. The molecular formula is C24H26N2O4. The van der Waals surface area contributed by atoms with Gasteiger partial charge in [-0.15, -0.1) is 0 Å². The van der Waals surface area contributed by atoms with Crippen LogP contribution in [0.5, 0.6) is 5.75 Å². The summed E-state index contributed by atoms with van der Waals surface area (Å²) in [4.78, 5) is 29.7. The second kappa shape index (κ2) is 8.61. The fourth-order valence-corrected chi connectivity index (χ4v) is 3.98. The highest BCUT2D eigenvalue weighted by Gasteiger charge is 2.26. The van der Waals surface area contributed by atoms with E-state index < -0.39 is 5.63 Å². The molecule has 0 bridgehead atoms. The SMILES string of the molecule is CCOc1cccc2cc(C(=O)N3CCN(c4ccccc4CC)CC3)c(=O)oc12. The zero-order valence-electron chi connectivity index (χ0n) is 17.4. The summed E-state index contributed by atoms with van der Waals surface area (Å²) in [5, 5.41) is 0.680. The molecule has 0 unspecified atom stereocenters. The molecular weight excluding hydrogens is 380 g/mol. The van der Waals surface area contributed by atoms with Crippen molar-refractivity contribution in [2.24, 2.45) is 0 Å². The van der Waals surface area contributed by atoms with E-state index in [0.717, 1.165) is 19.5 Å². The van der Waals surface area contributed by atoms with E-state index in [2.05, 4.69) is 30.0 Å². The number of para-hydroxylation sites is 2. The first-order chi connectivity index (χ1) is 14.6. The van der Waals surface area contributed by atoms with Gasteiger partial charge in [0.25, 0.3) is 5.91 Å². The number of hydrogen-bond acceptors (Lipinski definition) is 5. The Morgan fingerprint density at radius 3 is 2.53 bits per heavy atom. The van der Waals surface area contributed by atoms with Crippen LogP contribution in [0.1, 0.15) is 29.8 Å². The minimum atomic E-state index is -0.626. The van der Waals surface area contributed by atoms with Gasteiger partial charge in [-0.1, -0.05) is 37.3 Å². The van der Waals surface area contributed by atoms with Crippen LogP contribution in [-0.2, 0) is 6.42 Å². The number of fused-ring (bicyclic) bond motifs is 1. The number of carbonyl (C=O) groups is 1. The summed E-state index contributed by atoms with van der Waals surface area (Å²) < 4.78 is 11.0. The Kier molecular flexibility index (Phi) is 5.74. The first-order valence-corrected chi connectivity index (χ1v) is 10.4. The molecule has 0 radical (unpaired) electrons. The van der Waals surface area contributed by atoms with Crippen molar-refractivity contribution in [2.75, 3.05) is 37.7 Å². The van der Waals surface area contributed by atoms with E-state index in [1.54, 1.807) is 17.0 Å². The molecule has 1 aliphatic heterocycles. The van der Waals surface area contributed by atoms with Crippen LogP contribution in [0.2, 0.25) is 0 Å². The lowest BCUT2D eigenvalue weighted by Crippen LogP contribution is -2.49. The van der Waals surface area contributed by atoms with Gasteiger partial charge in [0.2, 0.25) is 0 Å². The number of nitrogens with zero attached hydrogens (tertiary/aromatic N) is 2. The first kappa shape index (κ1) is 20.0. The highest BCUT2D eigenvalue weighted by Crippen LogP contribution is 2.26. The maximum Gasteiger partial charge on any atom is 0.349 e. The number of hydrogen-bond donors (Lipinski definition) is 0. The van der Waals surface area contributed by atoms with Crippen LogP contribution in [0, 0.1) is 0 Å². The van der Waals surface area contributed by atoms with Crippen molar-refractivity contribution < 1.29 is 13.9 Å². The van der Waals surface area contributed by atoms with Gasteiger partial charge >= 0.3 is 5.63 Å². The van der Waals surface area contributed by atoms with Gasteiger partial charge in [-0.25, -0.2) is 4.79 Å². The van der Waals surface area contributed by atoms with Crippen LogP contribution in [-0.4, -0.2) is 43.6 Å². The molecule has 0 aliphatic carbocycles. The predicted octanol–water partition coefficient (Wildman–Crippen LogP) is 3.72. The molecule has 1 fully saturated rings. The molecule has 1 saturated heterocycles. The number of piperazine rings is 1. The van der Waals surface area contributed by atoms with E-state index in [-0.39, 0.29) is 11.5 Å². The second-order valence-corrected chi connectivity index (χ2v) is 7.32. The molecule has 6 heteroatoms. The van der Waals surface area contributed by atoms with Gasteiger partial charge in [0.1, 0.15) is 5.56 Å². The largest absolute Gasteiger partial charge is 0.490 e. The Labute approximate surface area is 175 Å². The van der Waals surface area contributed by atoms with Crippen LogP contribution in [0.25, 0.3) is 11.0 Å². The number of amides is 1. The normalized spacial score (nSPS) is 14.2. The molecule has 1 amide bonds. The van der Waals surface area contributed by atoms with Crippen molar-refractivity contribution >= 4 is 22.6 Å². The van der Waals surface area contributed by atoms with Gasteiger partial charge in [-0.2, -0.15) is 0 Å². The van der Waals surface area contributed by atoms with Crippen molar-refractivity contribution in [3.8, 4) is 5.75 Å². The van der Waals surface area contributed by atoms with Crippen LogP contribution in [0.4, 0.5) is 5.69 Å². The Hall–Kier alpha value is -3.28. The van der Waals surface area contributed by atoms with Crippen molar-refractivity contribution in [3.05, 3.63) is 70.1 Å². The van der Waals surface area contributed by atoms with Crippen LogP contribution >= 0.6 is 0 Å². The molecule has 0 N–H and O–H groups in total. The number of benzene rings is 2. The third kappa shape index (κ3) is 3.77. The average molecular weight is 406 g/mol.